The largest absolute Gasteiger partial charge is 0.389 e. The highest BCUT2D eigenvalue weighted by Gasteiger charge is 2.17. The van der Waals surface area contributed by atoms with Gasteiger partial charge >= 0.3 is 0 Å². The summed E-state index contributed by atoms with van der Waals surface area (Å²) in [6, 6.07) is 3.93. The lowest BCUT2D eigenvalue weighted by atomic mass is 10.1. The summed E-state index contributed by atoms with van der Waals surface area (Å²) in [5.41, 5.74) is 0.304. The molecule has 0 heterocycles. The van der Waals surface area contributed by atoms with Crippen LogP contribution in [0.3, 0.4) is 0 Å². The molecule has 1 aromatic rings. The molecule has 0 aliphatic carbocycles. The molecule has 0 saturated carbocycles. The van der Waals surface area contributed by atoms with E-state index in [1.165, 1.54) is 12.1 Å². The van der Waals surface area contributed by atoms with E-state index in [4.69, 9.17) is 11.6 Å². The number of aliphatic hydroxyl groups is 2. The van der Waals surface area contributed by atoms with Crippen molar-refractivity contribution in [1.82, 2.24) is 0 Å². The van der Waals surface area contributed by atoms with E-state index in [0.29, 0.717) is 5.56 Å². The maximum absolute atomic E-state index is 13.0. The first-order valence-electron chi connectivity index (χ1n) is 3.93. The molecule has 0 saturated heterocycles. The average molecular weight is 284 g/mol. The maximum Gasteiger partial charge on any atom is 0.142 e. The van der Waals surface area contributed by atoms with Crippen LogP contribution in [0.15, 0.2) is 18.2 Å². The molecule has 1 aromatic carbocycles. The van der Waals surface area contributed by atoms with Gasteiger partial charge < -0.3 is 10.2 Å². The molecule has 1 rings (SSSR count). The van der Waals surface area contributed by atoms with Crippen LogP contribution in [0, 0.1) is 5.82 Å². The minimum Gasteiger partial charge on any atom is -0.389 e. The van der Waals surface area contributed by atoms with Crippen molar-refractivity contribution in [2.75, 3.05) is 5.33 Å². The predicted molar refractivity (Wildman–Crippen MR) is 56.2 cm³/mol. The third kappa shape index (κ3) is 2.67. The van der Waals surface area contributed by atoms with Gasteiger partial charge in [0.15, 0.2) is 0 Å². The van der Waals surface area contributed by atoms with Crippen molar-refractivity contribution in [3.8, 4) is 0 Å². The van der Waals surface area contributed by atoms with Crippen LogP contribution in [0.5, 0.6) is 0 Å². The van der Waals surface area contributed by atoms with E-state index in [1.807, 2.05) is 0 Å². The summed E-state index contributed by atoms with van der Waals surface area (Å²) < 4.78 is 13.0. The number of benzene rings is 1. The summed E-state index contributed by atoms with van der Waals surface area (Å²) in [5.74, 6) is -0.606. The van der Waals surface area contributed by atoms with E-state index in [-0.39, 0.29) is 10.4 Å². The molecule has 2 unspecified atom stereocenters. The van der Waals surface area contributed by atoms with Gasteiger partial charge in [0.05, 0.1) is 11.1 Å². The first kappa shape index (κ1) is 11.9. The van der Waals surface area contributed by atoms with E-state index in [2.05, 4.69) is 15.9 Å². The Morgan fingerprint density at radius 3 is 2.57 bits per heavy atom. The van der Waals surface area contributed by atoms with Gasteiger partial charge in [-0.3, -0.25) is 0 Å². The molecule has 5 heteroatoms. The van der Waals surface area contributed by atoms with Crippen molar-refractivity contribution in [2.24, 2.45) is 0 Å². The lowest BCUT2D eigenvalue weighted by Crippen LogP contribution is -2.19. The van der Waals surface area contributed by atoms with Crippen molar-refractivity contribution in [1.29, 1.82) is 0 Å². The van der Waals surface area contributed by atoms with Gasteiger partial charge in [-0.05, 0) is 17.7 Å². The lowest BCUT2D eigenvalue weighted by Gasteiger charge is -2.15. The molecular formula is C9H9BrClFO2. The molecule has 2 nitrogen and oxygen atoms in total. The normalized spacial score (nSPS) is 15.2. The van der Waals surface area contributed by atoms with Crippen molar-refractivity contribution in [2.45, 2.75) is 12.2 Å². The summed E-state index contributed by atoms with van der Waals surface area (Å²) in [5, 5.41) is 19.0. The van der Waals surface area contributed by atoms with Gasteiger partial charge in [-0.1, -0.05) is 33.6 Å². The number of rotatable bonds is 3. The molecule has 2 atom stereocenters. The Morgan fingerprint density at radius 1 is 1.43 bits per heavy atom. The fourth-order valence-electron chi connectivity index (χ4n) is 1.00. The lowest BCUT2D eigenvalue weighted by molar-refractivity contribution is 0.0341. The number of alkyl halides is 1. The van der Waals surface area contributed by atoms with Crippen LogP contribution in [0.4, 0.5) is 4.39 Å². The van der Waals surface area contributed by atoms with E-state index >= 15 is 0 Å². The van der Waals surface area contributed by atoms with Gasteiger partial charge in [-0.25, -0.2) is 4.39 Å². The molecule has 0 bridgehead atoms. The molecule has 0 spiro atoms. The number of aliphatic hydroxyl groups excluding tert-OH is 2. The average Bonchev–Trinajstić information content (AvgIpc) is 2.20. The first-order chi connectivity index (χ1) is 6.56. The van der Waals surface area contributed by atoms with Gasteiger partial charge in [0.25, 0.3) is 0 Å². The van der Waals surface area contributed by atoms with Gasteiger partial charge in [0.1, 0.15) is 11.9 Å². The minimum atomic E-state index is -1.11. The Balaban J connectivity index is 2.91. The second-order valence-electron chi connectivity index (χ2n) is 2.84. The Bertz CT molecular complexity index is 322. The van der Waals surface area contributed by atoms with Gasteiger partial charge in [0.2, 0.25) is 0 Å². The Kier molecular flexibility index (Phi) is 4.31. The molecule has 0 aromatic heterocycles. The van der Waals surface area contributed by atoms with E-state index in [1.54, 1.807) is 0 Å². The number of halogens is 3. The molecule has 0 aliphatic rings. The van der Waals surface area contributed by atoms with E-state index in [0.717, 1.165) is 6.07 Å². The topological polar surface area (TPSA) is 40.5 Å². The monoisotopic (exact) mass is 282 g/mol. The van der Waals surface area contributed by atoms with E-state index in [9.17, 15) is 14.6 Å². The molecule has 0 fully saturated rings. The third-order valence-electron chi connectivity index (χ3n) is 1.81. The number of hydrogen-bond acceptors (Lipinski definition) is 2. The Labute approximate surface area is 94.5 Å². The van der Waals surface area contributed by atoms with Gasteiger partial charge in [-0.2, -0.15) is 0 Å². The highest BCUT2D eigenvalue weighted by atomic mass is 79.9. The molecule has 78 valence electrons. The zero-order chi connectivity index (χ0) is 10.7. The second kappa shape index (κ2) is 5.07. The summed E-state index contributed by atoms with van der Waals surface area (Å²) in [4.78, 5) is 0. The molecule has 14 heavy (non-hydrogen) atoms. The fourth-order valence-corrected chi connectivity index (χ4v) is 1.47. The van der Waals surface area contributed by atoms with Crippen LogP contribution in [-0.2, 0) is 0 Å². The number of hydrogen-bond donors (Lipinski definition) is 2. The van der Waals surface area contributed by atoms with Crippen LogP contribution < -0.4 is 0 Å². The third-order valence-corrected chi connectivity index (χ3v) is 2.78. The standard InChI is InChI=1S/C9H9BrClFO2/c10-4-8(13)9(14)5-1-2-6(11)7(12)3-5/h1-3,8-9,13-14H,4H2. The van der Waals surface area contributed by atoms with E-state index < -0.39 is 18.0 Å². The SMILES string of the molecule is OC(CBr)C(O)c1ccc(Cl)c(F)c1. The highest BCUT2D eigenvalue weighted by molar-refractivity contribution is 9.09. The zero-order valence-corrected chi connectivity index (χ0v) is 9.46. The van der Waals surface area contributed by atoms with Crippen LogP contribution in [0.1, 0.15) is 11.7 Å². The van der Waals surface area contributed by atoms with Crippen molar-refractivity contribution < 1.29 is 14.6 Å². The Morgan fingerprint density at radius 2 is 2.07 bits per heavy atom. The summed E-state index contributed by atoms with van der Waals surface area (Å²) in [6.45, 7) is 0. The van der Waals surface area contributed by atoms with Crippen LogP contribution in [-0.4, -0.2) is 21.6 Å². The molecule has 0 amide bonds. The fraction of sp³-hybridized carbons (Fsp3) is 0.333. The quantitative estimate of drug-likeness (QED) is 0.836. The van der Waals surface area contributed by atoms with Crippen molar-refractivity contribution in [3.63, 3.8) is 0 Å². The van der Waals surface area contributed by atoms with Gasteiger partial charge in [-0.15, -0.1) is 0 Å². The summed E-state index contributed by atoms with van der Waals surface area (Å²) >= 11 is 8.49. The molecule has 2 N–H and O–H groups in total. The molecular weight excluding hydrogens is 274 g/mol. The van der Waals surface area contributed by atoms with Crippen LogP contribution >= 0.6 is 27.5 Å². The smallest absolute Gasteiger partial charge is 0.142 e. The highest BCUT2D eigenvalue weighted by Crippen LogP contribution is 2.22. The maximum atomic E-state index is 13.0. The van der Waals surface area contributed by atoms with Crippen molar-refractivity contribution >= 4 is 27.5 Å². The van der Waals surface area contributed by atoms with Crippen molar-refractivity contribution in [3.05, 3.63) is 34.6 Å². The second-order valence-corrected chi connectivity index (χ2v) is 3.89. The van der Waals surface area contributed by atoms with Gasteiger partial charge in [0, 0.05) is 5.33 Å². The minimum absolute atomic E-state index is 0.00529. The van der Waals surface area contributed by atoms with Crippen LogP contribution in [0.2, 0.25) is 5.02 Å². The van der Waals surface area contributed by atoms with Crippen LogP contribution in [0.25, 0.3) is 0 Å². The summed E-state index contributed by atoms with van der Waals surface area (Å²) in [6.07, 6.45) is -2.07. The molecule has 0 radical (unpaired) electrons. The first-order valence-corrected chi connectivity index (χ1v) is 5.43. The summed E-state index contributed by atoms with van der Waals surface area (Å²) in [7, 11) is 0. The molecule has 0 aliphatic heterocycles. The zero-order valence-electron chi connectivity index (χ0n) is 7.12. The predicted octanol–water partition coefficient (Wildman–Crippen LogP) is 2.27. The Hall–Kier alpha value is -0.160.